The zero-order chi connectivity index (χ0) is 13.1. The maximum absolute atomic E-state index is 10.4. The molecule has 0 amide bonds. The van der Waals surface area contributed by atoms with Crippen LogP contribution in [0.2, 0.25) is 5.02 Å². The molecule has 2 aromatic carbocycles. The van der Waals surface area contributed by atoms with Gasteiger partial charge in [0.05, 0.1) is 5.69 Å². The molecule has 0 aliphatic rings. The van der Waals surface area contributed by atoms with Crippen LogP contribution in [0.25, 0.3) is 11.1 Å². The second-order valence-electron chi connectivity index (χ2n) is 3.63. The zero-order valence-corrected chi connectivity index (χ0v) is 10.0. The quantitative estimate of drug-likeness (QED) is 0.493. The molecule has 18 heavy (non-hydrogen) atoms. The van der Waals surface area contributed by atoms with Crippen molar-refractivity contribution in [2.24, 2.45) is 0 Å². The molecule has 0 atom stereocenters. The van der Waals surface area contributed by atoms with Crippen molar-refractivity contribution in [3.05, 3.63) is 47.5 Å². The lowest BCUT2D eigenvalue weighted by atomic mass is 10.1. The molecule has 0 radical (unpaired) electrons. The average molecular weight is 264 g/mol. The number of ether oxygens (including phenoxy) is 1. The predicted octanol–water partition coefficient (Wildman–Crippen LogP) is 3.65. The summed E-state index contributed by atoms with van der Waals surface area (Å²) < 4.78 is 4.53. The molecule has 0 bridgehead atoms. The van der Waals surface area contributed by atoms with Crippen molar-refractivity contribution in [1.82, 2.24) is 0 Å². The summed E-state index contributed by atoms with van der Waals surface area (Å²) in [6.45, 7) is 0. The minimum Gasteiger partial charge on any atom is -0.449 e. The van der Waals surface area contributed by atoms with Crippen LogP contribution < -0.4 is 10.5 Å². The number of hydrogen-bond donors (Lipinski definition) is 2. The second kappa shape index (κ2) is 4.98. The summed E-state index contributed by atoms with van der Waals surface area (Å²) in [4.78, 5) is 10.4. The smallest absolute Gasteiger partial charge is 0.449 e. The van der Waals surface area contributed by atoms with Crippen molar-refractivity contribution in [2.45, 2.75) is 0 Å². The Kier molecular flexibility index (Phi) is 3.39. The van der Waals surface area contributed by atoms with Crippen LogP contribution in [0, 0.1) is 0 Å². The molecular formula is C13H10ClNO3. The van der Waals surface area contributed by atoms with E-state index in [0.717, 1.165) is 11.1 Å². The zero-order valence-electron chi connectivity index (χ0n) is 9.26. The first-order valence-electron chi connectivity index (χ1n) is 5.12. The highest BCUT2D eigenvalue weighted by atomic mass is 35.5. The normalized spacial score (nSPS) is 10.1. The van der Waals surface area contributed by atoms with Gasteiger partial charge in [-0.1, -0.05) is 29.8 Å². The minimum absolute atomic E-state index is 0.125. The van der Waals surface area contributed by atoms with Gasteiger partial charge in [-0.3, -0.25) is 0 Å². The first-order chi connectivity index (χ1) is 8.56. The highest BCUT2D eigenvalue weighted by Gasteiger charge is 2.07. The van der Waals surface area contributed by atoms with Gasteiger partial charge < -0.3 is 15.6 Å². The number of anilines is 1. The van der Waals surface area contributed by atoms with Gasteiger partial charge in [0.2, 0.25) is 0 Å². The highest BCUT2D eigenvalue weighted by molar-refractivity contribution is 6.30. The maximum atomic E-state index is 10.4. The molecule has 0 spiro atoms. The lowest BCUT2D eigenvalue weighted by molar-refractivity contribution is 0.144. The molecule has 0 heterocycles. The summed E-state index contributed by atoms with van der Waals surface area (Å²) >= 11 is 5.80. The average Bonchev–Trinajstić information content (AvgIpc) is 2.32. The number of halogens is 1. The Balaban J connectivity index is 2.33. The van der Waals surface area contributed by atoms with Crippen LogP contribution in [-0.4, -0.2) is 11.3 Å². The topological polar surface area (TPSA) is 72.5 Å². The molecule has 0 fully saturated rings. The van der Waals surface area contributed by atoms with Crippen LogP contribution in [0.1, 0.15) is 0 Å². The van der Waals surface area contributed by atoms with Crippen molar-refractivity contribution in [3.8, 4) is 16.9 Å². The van der Waals surface area contributed by atoms with Crippen LogP contribution >= 0.6 is 11.6 Å². The Labute approximate surface area is 109 Å². The Hall–Kier alpha value is -2.20. The molecule has 2 aromatic rings. The maximum Gasteiger partial charge on any atom is 0.511 e. The van der Waals surface area contributed by atoms with Gasteiger partial charge in [0.1, 0.15) is 0 Å². The largest absolute Gasteiger partial charge is 0.511 e. The first-order valence-corrected chi connectivity index (χ1v) is 5.50. The monoisotopic (exact) mass is 263 g/mol. The molecule has 0 saturated heterocycles. The molecule has 0 unspecified atom stereocenters. The third-order valence-electron chi connectivity index (χ3n) is 2.38. The molecule has 3 N–H and O–H groups in total. The molecule has 0 aromatic heterocycles. The minimum atomic E-state index is -1.39. The van der Waals surface area contributed by atoms with Gasteiger partial charge in [0.15, 0.2) is 5.75 Å². The molecule has 0 aliphatic heterocycles. The van der Waals surface area contributed by atoms with Gasteiger partial charge in [-0.25, -0.2) is 4.79 Å². The Morgan fingerprint density at radius 3 is 2.28 bits per heavy atom. The number of benzene rings is 2. The summed E-state index contributed by atoms with van der Waals surface area (Å²) in [6.07, 6.45) is -1.39. The molecule has 5 heteroatoms. The summed E-state index contributed by atoms with van der Waals surface area (Å²) in [7, 11) is 0. The fraction of sp³-hybridized carbons (Fsp3) is 0. The predicted molar refractivity (Wildman–Crippen MR) is 70.0 cm³/mol. The summed E-state index contributed by atoms with van der Waals surface area (Å²) in [6, 6.07) is 12.2. The fourth-order valence-electron chi connectivity index (χ4n) is 1.56. The van der Waals surface area contributed by atoms with E-state index in [0.29, 0.717) is 5.02 Å². The van der Waals surface area contributed by atoms with Crippen LogP contribution in [0.3, 0.4) is 0 Å². The molecule has 4 nitrogen and oxygen atoms in total. The van der Waals surface area contributed by atoms with E-state index in [9.17, 15) is 4.79 Å². The summed E-state index contributed by atoms with van der Waals surface area (Å²) in [5.74, 6) is 0.125. The molecule has 2 rings (SSSR count). The highest BCUT2D eigenvalue weighted by Crippen LogP contribution is 2.29. The third kappa shape index (κ3) is 2.73. The van der Waals surface area contributed by atoms with E-state index >= 15 is 0 Å². The van der Waals surface area contributed by atoms with Crippen LogP contribution in [-0.2, 0) is 0 Å². The summed E-state index contributed by atoms with van der Waals surface area (Å²) in [5.41, 5.74) is 7.79. The Morgan fingerprint density at radius 2 is 1.72 bits per heavy atom. The van der Waals surface area contributed by atoms with Crippen LogP contribution in [0.4, 0.5) is 10.5 Å². The van der Waals surface area contributed by atoms with Gasteiger partial charge in [0.25, 0.3) is 0 Å². The SMILES string of the molecule is Nc1cc(-c2ccc(Cl)cc2)ccc1OC(=O)O. The number of nitrogens with two attached hydrogens (primary N) is 1. The van der Waals surface area contributed by atoms with Gasteiger partial charge in [-0.05, 0) is 35.4 Å². The van der Waals surface area contributed by atoms with E-state index < -0.39 is 6.16 Å². The van der Waals surface area contributed by atoms with Crippen molar-refractivity contribution in [3.63, 3.8) is 0 Å². The van der Waals surface area contributed by atoms with E-state index in [2.05, 4.69) is 4.74 Å². The van der Waals surface area contributed by atoms with Crippen LogP contribution in [0.5, 0.6) is 5.75 Å². The van der Waals surface area contributed by atoms with Gasteiger partial charge in [-0.15, -0.1) is 0 Å². The van der Waals surface area contributed by atoms with Crippen molar-refractivity contribution in [1.29, 1.82) is 0 Å². The number of carboxylic acid groups (broad SMARTS) is 1. The Bertz CT molecular complexity index is 581. The van der Waals surface area contributed by atoms with Gasteiger partial charge >= 0.3 is 6.16 Å². The van der Waals surface area contributed by atoms with Crippen molar-refractivity contribution < 1.29 is 14.6 Å². The number of rotatable bonds is 2. The number of hydrogen-bond acceptors (Lipinski definition) is 3. The molecule has 0 saturated carbocycles. The standard InChI is InChI=1S/C13H10ClNO3/c14-10-4-1-8(2-5-10)9-3-6-12(11(15)7-9)18-13(16)17/h1-7H,15H2,(H,16,17). The van der Waals surface area contributed by atoms with E-state index in [-0.39, 0.29) is 11.4 Å². The number of carbonyl (C=O) groups is 1. The molecule has 0 aliphatic carbocycles. The molecular weight excluding hydrogens is 254 g/mol. The summed E-state index contributed by atoms with van der Waals surface area (Å²) in [5, 5.41) is 9.17. The van der Waals surface area contributed by atoms with Crippen molar-refractivity contribution >= 4 is 23.4 Å². The van der Waals surface area contributed by atoms with E-state index in [4.69, 9.17) is 22.4 Å². The first kappa shape index (κ1) is 12.3. The van der Waals surface area contributed by atoms with E-state index in [1.54, 1.807) is 24.3 Å². The van der Waals surface area contributed by atoms with E-state index in [1.807, 2.05) is 12.1 Å². The van der Waals surface area contributed by atoms with Gasteiger partial charge in [0, 0.05) is 5.02 Å². The lowest BCUT2D eigenvalue weighted by Gasteiger charge is -2.07. The van der Waals surface area contributed by atoms with Gasteiger partial charge in [-0.2, -0.15) is 0 Å². The molecule has 92 valence electrons. The lowest BCUT2D eigenvalue weighted by Crippen LogP contribution is -2.05. The Morgan fingerprint density at radius 1 is 1.11 bits per heavy atom. The second-order valence-corrected chi connectivity index (χ2v) is 4.06. The van der Waals surface area contributed by atoms with E-state index in [1.165, 1.54) is 6.07 Å². The third-order valence-corrected chi connectivity index (χ3v) is 2.64. The van der Waals surface area contributed by atoms with Crippen LogP contribution in [0.15, 0.2) is 42.5 Å². The van der Waals surface area contributed by atoms with Crippen molar-refractivity contribution in [2.75, 3.05) is 5.73 Å². The number of nitrogen functional groups attached to an aromatic ring is 1. The fourth-order valence-corrected chi connectivity index (χ4v) is 1.68.